The molecule has 1 N–H and O–H groups in total. The highest BCUT2D eigenvalue weighted by Crippen LogP contribution is 2.35. The van der Waals surface area contributed by atoms with Gasteiger partial charge in [0.25, 0.3) is 0 Å². The average Bonchev–Trinajstić information content (AvgIpc) is 2.99. The van der Waals surface area contributed by atoms with Gasteiger partial charge in [-0.05, 0) is 48.4 Å². The van der Waals surface area contributed by atoms with Crippen molar-refractivity contribution in [2.45, 2.75) is 33.2 Å². The Morgan fingerprint density at radius 2 is 2.09 bits per heavy atom. The Labute approximate surface area is 134 Å². The summed E-state index contributed by atoms with van der Waals surface area (Å²) in [6.07, 6.45) is 0.959. The standard InChI is InChI=1S/C16H19N5O2/c1-4-9-23-13-7-5-12(6-8-13)15-14(11(3)22)10(2)17-16-18-19-20-21(15)16/h5-8,15H,4,9H2,1-3H3,(H,17,18,20). The van der Waals surface area contributed by atoms with E-state index >= 15 is 0 Å². The van der Waals surface area contributed by atoms with Crippen LogP contribution in [0.3, 0.4) is 0 Å². The molecule has 0 spiro atoms. The van der Waals surface area contributed by atoms with Crippen LogP contribution in [-0.2, 0) is 4.79 Å². The average molecular weight is 313 g/mol. The van der Waals surface area contributed by atoms with Gasteiger partial charge in [-0.25, -0.2) is 0 Å². The van der Waals surface area contributed by atoms with Crippen LogP contribution in [0.4, 0.5) is 5.95 Å². The number of benzene rings is 1. The summed E-state index contributed by atoms with van der Waals surface area (Å²) >= 11 is 0. The highest BCUT2D eigenvalue weighted by atomic mass is 16.5. The van der Waals surface area contributed by atoms with Crippen LogP contribution >= 0.6 is 0 Å². The van der Waals surface area contributed by atoms with Crippen molar-refractivity contribution < 1.29 is 9.53 Å². The lowest BCUT2D eigenvalue weighted by Crippen LogP contribution is -2.27. The summed E-state index contributed by atoms with van der Waals surface area (Å²) in [5.74, 6) is 1.34. The molecule has 1 atom stereocenters. The fraction of sp³-hybridized carbons (Fsp3) is 0.375. The Balaban J connectivity index is 2.00. The number of Topliss-reactive ketones (excluding diaryl/α,β-unsaturated/α-hetero) is 1. The Bertz CT molecular complexity index is 748. The number of nitrogens with one attached hydrogen (secondary N) is 1. The third-order valence-electron chi connectivity index (χ3n) is 3.76. The molecule has 1 aromatic carbocycles. The van der Waals surface area contributed by atoms with Crippen LogP contribution in [0.15, 0.2) is 35.5 Å². The first-order chi connectivity index (χ1) is 11.1. The molecule has 0 fully saturated rings. The number of rotatable bonds is 5. The molecule has 0 saturated heterocycles. The fourth-order valence-corrected chi connectivity index (χ4v) is 2.74. The molecule has 3 rings (SSSR count). The lowest BCUT2D eigenvalue weighted by molar-refractivity contribution is -0.114. The zero-order chi connectivity index (χ0) is 16.4. The zero-order valence-corrected chi connectivity index (χ0v) is 13.4. The lowest BCUT2D eigenvalue weighted by Gasteiger charge is -2.27. The number of aromatic nitrogens is 4. The van der Waals surface area contributed by atoms with Gasteiger partial charge in [0, 0.05) is 11.3 Å². The molecule has 0 aliphatic carbocycles. The number of allylic oxidation sites excluding steroid dienone is 2. The van der Waals surface area contributed by atoms with Gasteiger partial charge >= 0.3 is 0 Å². The van der Waals surface area contributed by atoms with E-state index in [0.29, 0.717) is 18.1 Å². The number of ether oxygens (including phenoxy) is 1. The van der Waals surface area contributed by atoms with Crippen molar-refractivity contribution in [3.05, 3.63) is 41.1 Å². The number of carbonyl (C=O) groups excluding carboxylic acids is 1. The number of hydrogen-bond acceptors (Lipinski definition) is 6. The molecule has 1 aliphatic rings. The van der Waals surface area contributed by atoms with Gasteiger partial charge in [-0.2, -0.15) is 4.68 Å². The molecule has 1 aliphatic heterocycles. The maximum absolute atomic E-state index is 12.1. The number of nitrogens with zero attached hydrogens (tertiary/aromatic N) is 4. The van der Waals surface area contributed by atoms with E-state index in [0.717, 1.165) is 23.4 Å². The van der Waals surface area contributed by atoms with Crippen molar-refractivity contribution >= 4 is 11.7 Å². The summed E-state index contributed by atoms with van der Waals surface area (Å²) in [5, 5.41) is 14.8. The van der Waals surface area contributed by atoms with Crippen molar-refractivity contribution in [2.75, 3.05) is 11.9 Å². The van der Waals surface area contributed by atoms with Gasteiger partial charge in [-0.15, -0.1) is 0 Å². The summed E-state index contributed by atoms with van der Waals surface area (Å²) in [7, 11) is 0. The lowest BCUT2D eigenvalue weighted by atomic mass is 9.93. The summed E-state index contributed by atoms with van der Waals surface area (Å²) in [4.78, 5) is 12.1. The van der Waals surface area contributed by atoms with Crippen molar-refractivity contribution in [2.24, 2.45) is 0 Å². The second-order valence-electron chi connectivity index (χ2n) is 5.49. The molecule has 0 saturated carbocycles. The minimum atomic E-state index is -0.334. The normalized spacial score (nSPS) is 16.7. The highest BCUT2D eigenvalue weighted by Gasteiger charge is 2.32. The van der Waals surface area contributed by atoms with Gasteiger partial charge in [0.05, 0.1) is 6.61 Å². The third-order valence-corrected chi connectivity index (χ3v) is 3.76. The van der Waals surface area contributed by atoms with Crippen LogP contribution in [-0.4, -0.2) is 32.6 Å². The second-order valence-corrected chi connectivity index (χ2v) is 5.49. The molecular weight excluding hydrogens is 294 g/mol. The topological polar surface area (TPSA) is 81.9 Å². The quantitative estimate of drug-likeness (QED) is 0.912. The molecule has 0 amide bonds. The minimum absolute atomic E-state index is 0.00698. The maximum Gasteiger partial charge on any atom is 0.248 e. The van der Waals surface area contributed by atoms with Crippen LogP contribution in [0.2, 0.25) is 0 Å². The van der Waals surface area contributed by atoms with Crippen LogP contribution < -0.4 is 10.1 Å². The van der Waals surface area contributed by atoms with Gasteiger partial charge in [-0.1, -0.05) is 24.2 Å². The molecule has 7 heteroatoms. The van der Waals surface area contributed by atoms with E-state index in [-0.39, 0.29) is 11.8 Å². The number of tetrazole rings is 1. The third kappa shape index (κ3) is 2.81. The summed E-state index contributed by atoms with van der Waals surface area (Å²) in [6, 6.07) is 7.37. The van der Waals surface area contributed by atoms with E-state index in [2.05, 4.69) is 27.8 Å². The number of hydrogen-bond donors (Lipinski definition) is 1. The molecule has 23 heavy (non-hydrogen) atoms. The predicted octanol–water partition coefficient (Wildman–Crippen LogP) is 2.34. The van der Waals surface area contributed by atoms with E-state index in [4.69, 9.17) is 4.74 Å². The van der Waals surface area contributed by atoms with E-state index in [1.54, 1.807) is 11.6 Å². The van der Waals surface area contributed by atoms with Crippen molar-refractivity contribution in [3.63, 3.8) is 0 Å². The Morgan fingerprint density at radius 3 is 2.74 bits per heavy atom. The molecule has 1 unspecified atom stereocenters. The fourth-order valence-electron chi connectivity index (χ4n) is 2.74. The van der Waals surface area contributed by atoms with Gasteiger partial charge in [0.2, 0.25) is 5.95 Å². The first kappa shape index (κ1) is 15.2. The van der Waals surface area contributed by atoms with Crippen molar-refractivity contribution in [1.29, 1.82) is 0 Å². The molecule has 120 valence electrons. The van der Waals surface area contributed by atoms with Crippen molar-refractivity contribution in [1.82, 2.24) is 20.2 Å². The van der Waals surface area contributed by atoms with E-state index in [9.17, 15) is 4.79 Å². The molecule has 1 aromatic heterocycles. The summed E-state index contributed by atoms with van der Waals surface area (Å²) in [6.45, 7) is 6.17. The first-order valence-corrected chi connectivity index (χ1v) is 7.61. The Morgan fingerprint density at radius 1 is 1.35 bits per heavy atom. The monoisotopic (exact) mass is 313 g/mol. The SMILES string of the molecule is CCCOc1ccc(C2C(C(C)=O)=C(C)Nc3nnnn32)cc1. The predicted molar refractivity (Wildman–Crippen MR) is 85.2 cm³/mol. The minimum Gasteiger partial charge on any atom is -0.494 e. The Hall–Kier alpha value is -2.70. The molecule has 2 heterocycles. The van der Waals surface area contributed by atoms with Gasteiger partial charge in [0.15, 0.2) is 5.78 Å². The summed E-state index contributed by atoms with van der Waals surface area (Å²) < 4.78 is 7.24. The molecule has 2 aromatic rings. The largest absolute Gasteiger partial charge is 0.494 e. The number of anilines is 1. The van der Waals surface area contributed by atoms with E-state index < -0.39 is 0 Å². The molecule has 0 radical (unpaired) electrons. The molecule has 7 nitrogen and oxygen atoms in total. The second kappa shape index (κ2) is 6.20. The summed E-state index contributed by atoms with van der Waals surface area (Å²) in [5.41, 5.74) is 2.37. The van der Waals surface area contributed by atoms with E-state index in [1.165, 1.54) is 0 Å². The molecular formula is C16H19N5O2. The Kier molecular flexibility index (Phi) is 4.10. The first-order valence-electron chi connectivity index (χ1n) is 7.61. The highest BCUT2D eigenvalue weighted by molar-refractivity contribution is 5.96. The zero-order valence-electron chi connectivity index (χ0n) is 13.4. The number of ketones is 1. The molecule has 0 bridgehead atoms. The van der Waals surface area contributed by atoms with Crippen LogP contribution in [0, 0.1) is 0 Å². The smallest absolute Gasteiger partial charge is 0.248 e. The van der Waals surface area contributed by atoms with Crippen LogP contribution in [0.1, 0.15) is 38.8 Å². The van der Waals surface area contributed by atoms with Gasteiger partial charge in [-0.3, -0.25) is 4.79 Å². The number of fused-ring (bicyclic) bond motifs is 1. The maximum atomic E-state index is 12.1. The van der Waals surface area contributed by atoms with Crippen molar-refractivity contribution in [3.8, 4) is 5.75 Å². The van der Waals surface area contributed by atoms with E-state index in [1.807, 2.05) is 31.2 Å². The van der Waals surface area contributed by atoms with Crippen LogP contribution in [0.5, 0.6) is 5.75 Å². The number of carbonyl (C=O) groups is 1. The van der Waals surface area contributed by atoms with Gasteiger partial charge < -0.3 is 10.1 Å². The van der Waals surface area contributed by atoms with Crippen LogP contribution in [0.25, 0.3) is 0 Å². The van der Waals surface area contributed by atoms with Gasteiger partial charge in [0.1, 0.15) is 11.8 Å².